The van der Waals surface area contributed by atoms with Gasteiger partial charge in [0.05, 0.1) is 14.2 Å². The maximum absolute atomic E-state index is 12.0. The van der Waals surface area contributed by atoms with E-state index in [4.69, 9.17) is 18.9 Å². The Morgan fingerprint density at radius 3 is 2.38 bits per heavy atom. The van der Waals surface area contributed by atoms with Crippen LogP contribution in [0.4, 0.5) is 4.79 Å². The zero-order valence-corrected chi connectivity index (χ0v) is 16.2. The molecule has 2 amide bonds. The molecule has 2 rings (SSSR count). The maximum Gasteiger partial charge on any atom is 0.288 e. The number of nitrogens with zero attached hydrogens (tertiary/aromatic N) is 1. The molecule has 0 N–H and O–H groups in total. The van der Waals surface area contributed by atoms with Gasteiger partial charge in [0.2, 0.25) is 11.7 Å². The van der Waals surface area contributed by atoms with Crippen molar-refractivity contribution in [2.24, 2.45) is 0 Å². The molecule has 26 heavy (non-hydrogen) atoms. The van der Waals surface area contributed by atoms with Crippen LogP contribution in [0.2, 0.25) is 0 Å². The van der Waals surface area contributed by atoms with Crippen molar-refractivity contribution < 1.29 is 28.5 Å². The molecule has 0 bridgehead atoms. The van der Waals surface area contributed by atoms with Gasteiger partial charge in [0, 0.05) is 25.8 Å². The van der Waals surface area contributed by atoms with Gasteiger partial charge in [-0.05, 0) is 37.0 Å². The molecule has 1 fully saturated rings. The molecule has 0 spiro atoms. The minimum absolute atomic E-state index is 0.0847. The van der Waals surface area contributed by atoms with Gasteiger partial charge in [-0.25, -0.2) is 0 Å². The Hall–Kier alpha value is -1.93. The van der Waals surface area contributed by atoms with Crippen LogP contribution < -0.4 is 14.2 Å². The second-order valence-electron chi connectivity index (χ2n) is 5.75. The molecule has 1 heterocycles. The Kier molecular flexibility index (Phi) is 8.06. The predicted molar refractivity (Wildman–Crippen MR) is 99.2 cm³/mol. The number of hydrogen-bond donors (Lipinski definition) is 0. The Labute approximate surface area is 157 Å². The largest absolute Gasteiger partial charge is 0.493 e. The Bertz CT molecular complexity index is 611. The van der Waals surface area contributed by atoms with Crippen molar-refractivity contribution in [3.63, 3.8) is 0 Å². The quantitative estimate of drug-likeness (QED) is 0.454. The fraction of sp³-hybridized carbons (Fsp3) is 0.556. The minimum atomic E-state index is -0.129. The highest BCUT2D eigenvalue weighted by Gasteiger charge is 2.26. The lowest BCUT2D eigenvalue weighted by Crippen LogP contribution is -2.30. The molecule has 0 aliphatic carbocycles. The van der Waals surface area contributed by atoms with E-state index in [1.807, 2.05) is 12.1 Å². The van der Waals surface area contributed by atoms with Crippen molar-refractivity contribution in [2.75, 3.05) is 40.4 Å². The van der Waals surface area contributed by atoms with Gasteiger partial charge in [0.25, 0.3) is 5.24 Å². The van der Waals surface area contributed by atoms with Gasteiger partial charge >= 0.3 is 0 Å². The van der Waals surface area contributed by atoms with Gasteiger partial charge in [-0.1, -0.05) is 11.8 Å². The van der Waals surface area contributed by atoms with Gasteiger partial charge in [-0.15, -0.1) is 0 Å². The third kappa shape index (κ3) is 5.28. The number of rotatable bonds is 10. The molecule has 0 aromatic heterocycles. The van der Waals surface area contributed by atoms with Crippen LogP contribution in [0.15, 0.2) is 12.1 Å². The lowest BCUT2D eigenvalue weighted by Gasteiger charge is -2.16. The van der Waals surface area contributed by atoms with E-state index in [1.165, 1.54) is 16.7 Å². The van der Waals surface area contributed by atoms with Crippen LogP contribution in [0.5, 0.6) is 17.2 Å². The summed E-state index contributed by atoms with van der Waals surface area (Å²) in [5.74, 6) is 2.26. The summed E-state index contributed by atoms with van der Waals surface area (Å²) in [4.78, 5) is 24.9. The van der Waals surface area contributed by atoms with Gasteiger partial charge in [-0.2, -0.15) is 0 Å². The van der Waals surface area contributed by atoms with Crippen LogP contribution in [0.25, 0.3) is 0 Å². The molecule has 8 heteroatoms. The first-order valence-electron chi connectivity index (χ1n) is 8.44. The normalized spacial score (nSPS) is 13.8. The van der Waals surface area contributed by atoms with Gasteiger partial charge < -0.3 is 18.9 Å². The van der Waals surface area contributed by atoms with E-state index in [-0.39, 0.29) is 17.9 Å². The fourth-order valence-corrected chi connectivity index (χ4v) is 3.50. The van der Waals surface area contributed by atoms with Crippen molar-refractivity contribution in [1.82, 2.24) is 4.90 Å². The number of aryl methyl sites for hydroxylation is 1. The first-order valence-corrected chi connectivity index (χ1v) is 9.43. The third-order valence-electron chi connectivity index (χ3n) is 4.01. The molecule has 1 aromatic rings. The first-order chi connectivity index (χ1) is 12.6. The average molecular weight is 383 g/mol. The Morgan fingerprint density at radius 2 is 1.85 bits per heavy atom. The summed E-state index contributed by atoms with van der Waals surface area (Å²) in [5, 5.41) is -0.129. The molecule has 0 atom stereocenters. The van der Waals surface area contributed by atoms with Gasteiger partial charge in [-0.3, -0.25) is 14.5 Å². The molecule has 0 radical (unpaired) electrons. The van der Waals surface area contributed by atoms with E-state index in [9.17, 15) is 9.59 Å². The highest BCUT2D eigenvalue weighted by atomic mass is 32.2. The molecular weight excluding hydrogens is 358 g/mol. The zero-order chi connectivity index (χ0) is 18.9. The summed E-state index contributed by atoms with van der Waals surface area (Å²) in [6, 6.07) is 3.80. The number of hydrogen-bond acceptors (Lipinski definition) is 7. The van der Waals surface area contributed by atoms with Crippen LogP contribution in [0.1, 0.15) is 24.8 Å². The van der Waals surface area contributed by atoms with Crippen molar-refractivity contribution in [3.05, 3.63) is 17.7 Å². The first kappa shape index (κ1) is 20.4. The third-order valence-corrected chi connectivity index (χ3v) is 4.86. The monoisotopic (exact) mass is 383 g/mol. The predicted octanol–water partition coefficient (Wildman–Crippen LogP) is 3.09. The summed E-state index contributed by atoms with van der Waals surface area (Å²) in [7, 11) is 4.69. The van der Waals surface area contributed by atoms with Crippen molar-refractivity contribution >= 4 is 22.9 Å². The number of methoxy groups -OCH3 is 3. The SMILES string of the molecule is COCOc1c(OC)cc(CCCCC(=O)N2CCSC2=O)cc1OC. The van der Waals surface area contributed by atoms with Crippen LogP contribution in [-0.2, 0) is 16.0 Å². The summed E-state index contributed by atoms with van der Waals surface area (Å²) in [6.45, 7) is 0.626. The molecule has 1 aliphatic heterocycles. The Morgan fingerprint density at radius 1 is 1.15 bits per heavy atom. The molecule has 1 aliphatic rings. The topological polar surface area (TPSA) is 74.3 Å². The number of carbonyl (C=O) groups excluding carboxylic acids is 2. The Balaban J connectivity index is 1.90. The highest BCUT2D eigenvalue weighted by Crippen LogP contribution is 2.39. The number of amides is 2. The van der Waals surface area contributed by atoms with Gasteiger partial charge in [0.15, 0.2) is 18.3 Å². The van der Waals surface area contributed by atoms with E-state index < -0.39 is 0 Å². The summed E-state index contributed by atoms with van der Waals surface area (Å²) in [5.41, 5.74) is 1.03. The summed E-state index contributed by atoms with van der Waals surface area (Å²) in [6.07, 6.45) is 2.70. The van der Waals surface area contributed by atoms with E-state index in [0.29, 0.717) is 36.0 Å². The molecule has 144 valence electrons. The molecule has 1 aromatic carbocycles. The summed E-state index contributed by atoms with van der Waals surface area (Å²) >= 11 is 1.20. The lowest BCUT2D eigenvalue weighted by atomic mass is 10.1. The second-order valence-corrected chi connectivity index (χ2v) is 6.79. The number of benzene rings is 1. The smallest absolute Gasteiger partial charge is 0.288 e. The highest BCUT2D eigenvalue weighted by molar-refractivity contribution is 8.13. The fourth-order valence-electron chi connectivity index (χ4n) is 2.70. The second kappa shape index (κ2) is 10.3. The maximum atomic E-state index is 12.0. The van der Waals surface area contributed by atoms with Gasteiger partial charge in [0.1, 0.15) is 0 Å². The molecule has 1 saturated heterocycles. The minimum Gasteiger partial charge on any atom is -0.493 e. The van der Waals surface area contributed by atoms with Crippen LogP contribution >= 0.6 is 11.8 Å². The standard InChI is InChI=1S/C18H25NO6S/c1-22-12-25-17-14(23-2)10-13(11-15(17)24-3)6-4-5-7-16(20)19-8-9-26-18(19)21/h10-11H,4-9,12H2,1-3H3. The van der Waals surface area contributed by atoms with E-state index >= 15 is 0 Å². The molecular formula is C18H25NO6S. The molecule has 0 saturated carbocycles. The van der Waals surface area contributed by atoms with Crippen LogP contribution in [0.3, 0.4) is 0 Å². The number of ether oxygens (including phenoxy) is 4. The van der Waals surface area contributed by atoms with E-state index in [2.05, 4.69) is 0 Å². The lowest BCUT2D eigenvalue weighted by molar-refractivity contribution is -0.127. The molecule has 0 unspecified atom stereocenters. The van der Waals surface area contributed by atoms with E-state index in [0.717, 1.165) is 24.8 Å². The van der Waals surface area contributed by atoms with Crippen molar-refractivity contribution in [2.45, 2.75) is 25.7 Å². The molecule has 7 nitrogen and oxygen atoms in total. The number of carbonyl (C=O) groups is 2. The van der Waals surface area contributed by atoms with Crippen LogP contribution in [0, 0.1) is 0 Å². The number of imide groups is 1. The van der Waals surface area contributed by atoms with Crippen molar-refractivity contribution in [3.8, 4) is 17.2 Å². The van der Waals surface area contributed by atoms with Crippen molar-refractivity contribution in [1.29, 1.82) is 0 Å². The average Bonchev–Trinajstić information content (AvgIpc) is 3.09. The van der Waals surface area contributed by atoms with Crippen LogP contribution in [-0.4, -0.2) is 56.5 Å². The summed E-state index contributed by atoms with van der Waals surface area (Å²) < 4.78 is 21.2. The number of unbranched alkanes of at least 4 members (excludes halogenated alkanes) is 1. The van der Waals surface area contributed by atoms with E-state index in [1.54, 1.807) is 21.3 Å². The number of thioether (sulfide) groups is 1. The zero-order valence-electron chi connectivity index (χ0n) is 15.4.